The molecule has 0 bridgehead atoms. The SMILES string of the molecule is CCN1CCC[C@H]1CNC(=O)COc1ccc(F)cc1. The van der Waals surface area contributed by atoms with E-state index in [-0.39, 0.29) is 18.3 Å². The average molecular weight is 280 g/mol. The molecule has 1 heterocycles. The average Bonchev–Trinajstić information content (AvgIpc) is 2.92. The predicted octanol–water partition coefficient (Wildman–Crippen LogP) is 1.80. The third kappa shape index (κ3) is 4.20. The number of nitrogens with zero attached hydrogens (tertiary/aromatic N) is 1. The molecule has 1 fully saturated rings. The zero-order valence-corrected chi connectivity index (χ0v) is 11.8. The van der Waals surface area contributed by atoms with E-state index in [0.29, 0.717) is 18.3 Å². The molecule has 0 radical (unpaired) electrons. The molecule has 0 aromatic heterocycles. The van der Waals surface area contributed by atoms with Gasteiger partial charge in [-0.05, 0) is 50.2 Å². The summed E-state index contributed by atoms with van der Waals surface area (Å²) in [5.41, 5.74) is 0. The van der Waals surface area contributed by atoms with Gasteiger partial charge in [0, 0.05) is 12.6 Å². The minimum atomic E-state index is -0.317. The molecule has 0 saturated carbocycles. The highest BCUT2D eigenvalue weighted by Crippen LogP contribution is 2.15. The summed E-state index contributed by atoms with van der Waals surface area (Å²) in [5, 5.41) is 2.89. The molecular formula is C15H21FN2O2. The van der Waals surface area contributed by atoms with Crippen LogP contribution in [-0.2, 0) is 4.79 Å². The number of carbonyl (C=O) groups is 1. The number of rotatable bonds is 6. The first kappa shape index (κ1) is 14.8. The molecule has 0 aliphatic carbocycles. The lowest BCUT2D eigenvalue weighted by Crippen LogP contribution is -2.41. The standard InChI is InChI=1S/C15H21FN2O2/c1-2-18-9-3-4-13(18)10-17-15(19)11-20-14-7-5-12(16)6-8-14/h5-8,13H,2-4,9-11H2,1H3,(H,17,19)/t13-/m0/s1. The van der Waals surface area contributed by atoms with Crippen molar-refractivity contribution in [1.29, 1.82) is 0 Å². The summed E-state index contributed by atoms with van der Waals surface area (Å²) in [6.07, 6.45) is 2.33. The van der Waals surface area contributed by atoms with Crippen molar-refractivity contribution < 1.29 is 13.9 Å². The third-order valence-corrected chi connectivity index (χ3v) is 3.62. The van der Waals surface area contributed by atoms with Crippen LogP contribution in [0.4, 0.5) is 4.39 Å². The molecule has 5 heteroatoms. The Morgan fingerprint density at radius 3 is 2.90 bits per heavy atom. The van der Waals surface area contributed by atoms with Crippen LogP contribution in [0.3, 0.4) is 0 Å². The smallest absolute Gasteiger partial charge is 0.257 e. The number of nitrogens with one attached hydrogen (secondary N) is 1. The fourth-order valence-electron chi connectivity index (χ4n) is 2.51. The first-order valence-corrected chi connectivity index (χ1v) is 7.08. The minimum Gasteiger partial charge on any atom is -0.484 e. The van der Waals surface area contributed by atoms with E-state index >= 15 is 0 Å². The Morgan fingerprint density at radius 1 is 1.45 bits per heavy atom. The monoisotopic (exact) mass is 280 g/mol. The van der Waals surface area contributed by atoms with E-state index in [0.717, 1.165) is 19.5 Å². The van der Waals surface area contributed by atoms with Crippen LogP contribution in [0.15, 0.2) is 24.3 Å². The summed E-state index contributed by atoms with van der Waals surface area (Å²) in [6, 6.07) is 6.09. The maximum absolute atomic E-state index is 12.7. The summed E-state index contributed by atoms with van der Waals surface area (Å²) >= 11 is 0. The third-order valence-electron chi connectivity index (χ3n) is 3.62. The largest absolute Gasteiger partial charge is 0.484 e. The van der Waals surface area contributed by atoms with Gasteiger partial charge in [-0.3, -0.25) is 9.69 Å². The van der Waals surface area contributed by atoms with Crippen molar-refractivity contribution in [2.75, 3.05) is 26.2 Å². The second-order valence-electron chi connectivity index (χ2n) is 4.97. The van der Waals surface area contributed by atoms with Gasteiger partial charge in [0.15, 0.2) is 6.61 Å². The molecule has 1 aliphatic rings. The Morgan fingerprint density at radius 2 is 2.20 bits per heavy atom. The molecule has 0 unspecified atom stereocenters. The molecular weight excluding hydrogens is 259 g/mol. The van der Waals surface area contributed by atoms with Crippen molar-refractivity contribution in [1.82, 2.24) is 10.2 Å². The van der Waals surface area contributed by atoms with Crippen LogP contribution in [0.25, 0.3) is 0 Å². The van der Waals surface area contributed by atoms with Crippen LogP contribution in [0, 0.1) is 5.82 Å². The first-order chi connectivity index (χ1) is 9.69. The summed E-state index contributed by atoms with van der Waals surface area (Å²) in [6.45, 7) is 4.90. The minimum absolute atomic E-state index is 0.0372. The van der Waals surface area contributed by atoms with Gasteiger partial charge in [-0.15, -0.1) is 0 Å². The Bertz CT molecular complexity index is 436. The van der Waals surface area contributed by atoms with Crippen LogP contribution < -0.4 is 10.1 Å². The molecule has 1 aromatic carbocycles. The second-order valence-corrected chi connectivity index (χ2v) is 4.97. The maximum Gasteiger partial charge on any atom is 0.257 e. The number of amides is 1. The van der Waals surface area contributed by atoms with Crippen LogP contribution in [0.1, 0.15) is 19.8 Å². The molecule has 20 heavy (non-hydrogen) atoms. The van der Waals surface area contributed by atoms with E-state index in [9.17, 15) is 9.18 Å². The second kappa shape index (κ2) is 7.24. The number of carbonyl (C=O) groups excluding carboxylic acids is 1. The van der Waals surface area contributed by atoms with E-state index in [1.165, 1.54) is 30.7 Å². The fourth-order valence-corrected chi connectivity index (χ4v) is 2.51. The van der Waals surface area contributed by atoms with Gasteiger partial charge in [-0.1, -0.05) is 6.92 Å². The molecule has 0 spiro atoms. The van der Waals surface area contributed by atoms with Crippen molar-refractivity contribution in [3.8, 4) is 5.75 Å². The van der Waals surface area contributed by atoms with Crippen molar-refractivity contribution in [2.24, 2.45) is 0 Å². The molecule has 1 amide bonds. The molecule has 1 aromatic rings. The van der Waals surface area contributed by atoms with Crippen molar-refractivity contribution in [3.05, 3.63) is 30.1 Å². The first-order valence-electron chi connectivity index (χ1n) is 7.08. The highest BCUT2D eigenvalue weighted by molar-refractivity contribution is 5.77. The Labute approximate surface area is 118 Å². The van der Waals surface area contributed by atoms with Crippen LogP contribution in [0.5, 0.6) is 5.75 Å². The van der Waals surface area contributed by atoms with E-state index in [1.54, 1.807) is 0 Å². The Kier molecular flexibility index (Phi) is 5.35. The van der Waals surface area contributed by atoms with Gasteiger partial charge in [-0.25, -0.2) is 4.39 Å². The van der Waals surface area contributed by atoms with Crippen molar-refractivity contribution >= 4 is 5.91 Å². The molecule has 1 aliphatic heterocycles. The number of hydrogen-bond acceptors (Lipinski definition) is 3. The normalized spacial score (nSPS) is 19.0. The van der Waals surface area contributed by atoms with E-state index < -0.39 is 0 Å². The van der Waals surface area contributed by atoms with Gasteiger partial charge in [0.25, 0.3) is 5.91 Å². The number of likely N-dealkylation sites (tertiary alicyclic amines) is 1. The van der Waals surface area contributed by atoms with E-state index in [4.69, 9.17) is 4.74 Å². The Hall–Kier alpha value is -1.62. The zero-order chi connectivity index (χ0) is 14.4. The van der Waals surface area contributed by atoms with Crippen LogP contribution in [0.2, 0.25) is 0 Å². The summed E-state index contributed by atoms with van der Waals surface area (Å²) in [4.78, 5) is 14.1. The maximum atomic E-state index is 12.7. The van der Waals surface area contributed by atoms with Gasteiger partial charge >= 0.3 is 0 Å². The van der Waals surface area contributed by atoms with Gasteiger partial charge in [-0.2, -0.15) is 0 Å². The lowest BCUT2D eigenvalue weighted by Gasteiger charge is -2.22. The van der Waals surface area contributed by atoms with Gasteiger partial charge in [0.05, 0.1) is 0 Å². The van der Waals surface area contributed by atoms with Crippen LogP contribution in [-0.4, -0.2) is 43.1 Å². The fraction of sp³-hybridized carbons (Fsp3) is 0.533. The number of hydrogen-bond donors (Lipinski definition) is 1. The number of halogens is 1. The molecule has 1 saturated heterocycles. The van der Waals surface area contributed by atoms with E-state index in [2.05, 4.69) is 17.1 Å². The number of likely N-dealkylation sites (N-methyl/N-ethyl adjacent to an activating group) is 1. The molecule has 4 nitrogen and oxygen atoms in total. The van der Waals surface area contributed by atoms with Gasteiger partial charge in [0.2, 0.25) is 0 Å². The Balaban J connectivity index is 1.69. The molecule has 2 rings (SSSR count). The highest BCUT2D eigenvalue weighted by atomic mass is 19.1. The topological polar surface area (TPSA) is 41.6 Å². The van der Waals surface area contributed by atoms with Crippen LogP contribution >= 0.6 is 0 Å². The zero-order valence-electron chi connectivity index (χ0n) is 11.8. The molecule has 110 valence electrons. The highest BCUT2D eigenvalue weighted by Gasteiger charge is 2.23. The molecule has 1 N–H and O–H groups in total. The lowest BCUT2D eigenvalue weighted by atomic mass is 10.2. The number of benzene rings is 1. The summed E-state index contributed by atoms with van der Waals surface area (Å²) in [7, 11) is 0. The van der Waals surface area contributed by atoms with Gasteiger partial charge in [0.1, 0.15) is 11.6 Å². The van der Waals surface area contributed by atoms with Crippen molar-refractivity contribution in [3.63, 3.8) is 0 Å². The number of ether oxygens (including phenoxy) is 1. The van der Waals surface area contributed by atoms with Gasteiger partial charge < -0.3 is 10.1 Å². The predicted molar refractivity (Wildman–Crippen MR) is 75.2 cm³/mol. The lowest BCUT2D eigenvalue weighted by molar-refractivity contribution is -0.123. The quantitative estimate of drug-likeness (QED) is 0.864. The van der Waals surface area contributed by atoms with Crippen molar-refractivity contribution in [2.45, 2.75) is 25.8 Å². The van der Waals surface area contributed by atoms with E-state index in [1.807, 2.05) is 0 Å². The molecule has 1 atom stereocenters. The summed E-state index contributed by atoms with van der Waals surface area (Å²) < 4.78 is 18.0. The summed E-state index contributed by atoms with van der Waals surface area (Å²) in [5.74, 6) is 0.0394.